The molecule has 4 heteroatoms. The quantitative estimate of drug-likeness (QED) is 0.765. The Kier molecular flexibility index (Phi) is 2.33. The van der Waals surface area contributed by atoms with Gasteiger partial charge in [-0.3, -0.25) is 4.68 Å². The maximum atomic E-state index is 6.19. The van der Waals surface area contributed by atoms with Crippen molar-refractivity contribution in [2.75, 3.05) is 6.61 Å². The van der Waals surface area contributed by atoms with Crippen LogP contribution in [0.25, 0.3) is 0 Å². The Bertz CT molecular complexity index is 315. The summed E-state index contributed by atoms with van der Waals surface area (Å²) in [5.74, 6) is 0. The molecule has 1 aromatic heterocycles. The van der Waals surface area contributed by atoms with Crippen molar-refractivity contribution in [2.24, 2.45) is 12.8 Å². The van der Waals surface area contributed by atoms with Gasteiger partial charge in [-0.2, -0.15) is 5.10 Å². The van der Waals surface area contributed by atoms with Gasteiger partial charge in [0.1, 0.15) is 0 Å². The lowest BCUT2D eigenvalue weighted by Crippen LogP contribution is -2.38. The van der Waals surface area contributed by atoms with Crippen LogP contribution in [-0.4, -0.2) is 22.0 Å². The second-order valence-corrected chi connectivity index (χ2v) is 4.12. The molecule has 0 saturated carbocycles. The zero-order valence-corrected chi connectivity index (χ0v) is 8.73. The van der Waals surface area contributed by atoms with Gasteiger partial charge in [0.25, 0.3) is 0 Å². The van der Waals surface area contributed by atoms with Crippen molar-refractivity contribution in [3.8, 4) is 0 Å². The van der Waals surface area contributed by atoms with Crippen molar-refractivity contribution in [3.05, 3.63) is 18.0 Å². The number of rotatable bonds is 2. The van der Waals surface area contributed by atoms with E-state index in [1.54, 1.807) is 6.20 Å². The molecule has 14 heavy (non-hydrogen) atoms. The largest absolute Gasteiger partial charge is 0.373 e. The number of nitrogens with two attached hydrogens (primary N) is 1. The molecule has 2 unspecified atom stereocenters. The molecule has 2 N–H and O–H groups in total. The Balaban J connectivity index is 2.23. The highest BCUT2D eigenvalue weighted by molar-refractivity contribution is 5.12. The van der Waals surface area contributed by atoms with Crippen LogP contribution < -0.4 is 5.73 Å². The van der Waals surface area contributed by atoms with Gasteiger partial charge in [-0.25, -0.2) is 0 Å². The fourth-order valence-electron chi connectivity index (χ4n) is 2.05. The zero-order chi connectivity index (χ0) is 10.2. The van der Waals surface area contributed by atoms with E-state index in [2.05, 4.69) is 12.0 Å². The van der Waals surface area contributed by atoms with Crippen LogP contribution in [0.4, 0.5) is 0 Å². The first-order valence-electron chi connectivity index (χ1n) is 5.01. The van der Waals surface area contributed by atoms with Crippen molar-refractivity contribution < 1.29 is 4.74 Å². The summed E-state index contributed by atoms with van der Waals surface area (Å²) in [6.07, 6.45) is 3.90. The summed E-state index contributed by atoms with van der Waals surface area (Å²) in [5.41, 5.74) is 7.02. The molecule has 1 aromatic rings. The smallest absolute Gasteiger partial charge is 0.0862 e. The molecule has 0 amide bonds. The number of aryl methyl sites for hydroxylation is 1. The average Bonchev–Trinajstić information content (AvgIpc) is 2.74. The van der Waals surface area contributed by atoms with Crippen LogP contribution in [0.2, 0.25) is 0 Å². The highest BCUT2D eigenvalue weighted by Crippen LogP contribution is 2.35. The summed E-state index contributed by atoms with van der Waals surface area (Å²) in [4.78, 5) is 0. The van der Waals surface area contributed by atoms with Crippen LogP contribution in [0.1, 0.15) is 31.5 Å². The van der Waals surface area contributed by atoms with Crippen LogP contribution in [-0.2, 0) is 11.8 Å². The van der Waals surface area contributed by atoms with Crippen molar-refractivity contribution >= 4 is 0 Å². The molecular weight excluding hydrogens is 178 g/mol. The van der Waals surface area contributed by atoms with Crippen LogP contribution >= 0.6 is 0 Å². The summed E-state index contributed by atoms with van der Waals surface area (Å²) in [5, 5.41) is 4.12. The molecule has 0 spiro atoms. The van der Waals surface area contributed by atoms with E-state index in [0.717, 1.165) is 25.1 Å². The van der Waals surface area contributed by atoms with Crippen molar-refractivity contribution in [1.82, 2.24) is 9.78 Å². The molecule has 2 atom stereocenters. The summed E-state index contributed by atoms with van der Waals surface area (Å²) in [7, 11) is 1.91. The van der Waals surface area contributed by atoms with E-state index < -0.39 is 0 Å². The normalized spacial score (nSPS) is 29.4. The zero-order valence-electron chi connectivity index (χ0n) is 8.73. The molecule has 1 fully saturated rings. The van der Waals surface area contributed by atoms with Crippen LogP contribution in [0, 0.1) is 0 Å². The predicted molar refractivity (Wildman–Crippen MR) is 53.7 cm³/mol. The Morgan fingerprint density at radius 2 is 2.50 bits per heavy atom. The molecule has 0 aromatic carbocycles. The van der Waals surface area contributed by atoms with Crippen LogP contribution in [0.5, 0.6) is 0 Å². The van der Waals surface area contributed by atoms with E-state index in [-0.39, 0.29) is 11.6 Å². The molecule has 2 heterocycles. The fraction of sp³-hybridized carbons (Fsp3) is 0.700. The summed E-state index contributed by atoms with van der Waals surface area (Å²) < 4.78 is 7.53. The van der Waals surface area contributed by atoms with Crippen molar-refractivity contribution in [1.29, 1.82) is 0 Å². The number of ether oxygens (including phenoxy) is 1. The molecule has 1 aliphatic heterocycles. The summed E-state index contributed by atoms with van der Waals surface area (Å²) >= 11 is 0. The molecule has 0 bridgehead atoms. The fourth-order valence-corrected chi connectivity index (χ4v) is 2.05. The number of hydrogen-bond acceptors (Lipinski definition) is 3. The first kappa shape index (κ1) is 9.68. The summed E-state index contributed by atoms with van der Waals surface area (Å²) in [6, 6.07) is 1.87. The third kappa shape index (κ3) is 1.44. The second kappa shape index (κ2) is 3.37. The first-order chi connectivity index (χ1) is 6.63. The Labute approximate surface area is 84.0 Å². The van der Waals surface area contributed by atoms with Gasteiger partial charge >= 0.3 is 0 Å². The molecule has 1 aliphatic rings. The Morgan fingerprint density at radius 3 is 3.00 bits per heavy atom. The maximum absolute atomic E-state index is 6.19. The monoisotopic (exact) mass is 195 g/mol. The van der Waals surface area contributed by atoms with E-state index in [9.17, 15) is 0 Å². The lowest BCUT2D eigenvalue weighted by molar-refractivity contribution is -0.00364. The van der Waals surface area contributed by atoms with Gasteiger partial charge in [-0.05, 0) is 25.8 Å². The average molecular weight is 195 g/mol. The third-order valence-corrected chi connectivity index (χ3v) is 3.08. The van der Waals surface area contributed by atoms with Gasteiger partial charge in [-0.1, -0.05) is 0 Å². The number of hydrogen-bond donors (Lipinski definition) is 1. The van der Waals surface area contributed by atoms with E-state index in [0.29, 0.717) is 0 Å². The number of aromatic nitrogens is 2. The van der Waals surface area contributed by atoms with Gasteiger partial charge in [-0.15, -0.1) is 0 Å². The minimum Gasteiger partial charge on any atom is -0.373 e. The molecule has 0 radical (unpaired) electrons. The Morgan fingerprint density at radius 1 is 1.71 bits per heavy atom. The SMILES string of the molecule is Cn1nccc1C(N)C1(C)CCCO1. The van der Waals surface area contributed by atoms with Gasteiger partial charge in [0.05, 0.1) is 17.3 Å². The molecule has 2 rings (SSSR count). The predicted octanol–water partition coefficient (Wildman–Crippen LogP) is 0.989. The molecule has 4 nitrogen and oxygen atoms in total. The molecule has 78 valence electrons. The van der Waals surface area contributed by atoms with E-state index in [1.807, 2.05) is 17.8 Å². The number of nitrogens with zero attached hydrogens (tertiary/aromatic N) is 2. The van der Waals surface area contributed by atoms with E-state index in [4.69, 9.17) is 10.5 Å². The van der Waals surface area contributed by atoms with Crippen LogP contribution in [0.15, 0.2) is 12.3 Å². The lowest BCUT2D eigenvalue weighted by atomic mass is 9.91. The van der Waals surface area contributed by atoms with Crippen molar-refractivity contribution in [2.45, 2.75) is 31.4 Å². The van der Waals surface area contributed by atoms with Gasteiger partial charge in [0.15, 0.2) is 0 Å². The second-order valence-electron chi connectivity index (χ2n) is 4.12. The van der Waals surface area contributed by atoms with Gasteiger partial charge in [0.2, 0.25) is 0 Å². The lowest BCUT2D eigenvalue weighted by Gasteiger charge is -2.30. The highest BCUT2D eigenvalue weighted by Gasteiger charge is 2.38. The standard InChI is InChI=1S/C10H17N3O/c1-10(5-3-7-14-10)9(11)8-4-6-12-13(8)2/h4,6,9H,3,5,7,11H2,1-2H3. The van der Waals surface area contributed by atoms with E-state index >= 15 is 0 Å². The molecule has 1 saturated heterocycles. The maximum Gasteiger partial charge on any atom is 0.0862 e. The minimum atomic E-state index is -0.214. The minimum absolute atomic E-state index is 0.0856. The van der Waals surface area contributed by atoms with Crippen LogP contribution in [0.3, 0.4) is 0 Å². The first-order valence-corrected chi connectivity index (χ1v) is 5.01. The topological polar surface area (TPSA) is 53.1 Å². The highest BCUT2D eigenvalue weighted by atomic mass is 16.5. The Hall–Kier alpha value is -0.870. The molecular formula is C10H17N3O. The van der Waals surface area contributed by atoms with Gasteiger partial charge < -0.3 is 10.5 Å². The van der Waals surface area contributed by atoms with E-state index in [1.165, 1.54) is 0 Å². The summed E-state index contributed by atoms with van der Waals surface area (Å²) in [6.45, 7) is 2.90. The van der Waals surface area contributed by atoms with Crippen molar-refractivity contribution in [3.63, 3.8) is 0 Å². The third-order valence-electron chi connectivity index (χ3n) is 3.08. The van der Waals surface area contributed by atoms with Gasteiger partial charge in [0, 0.05) is 19.9 Å². The molecule has 0 aliphatic carbocycles.